The second-order valence-corrected chi connectivity index (χ2v) is 7.70. The van der Waals surface area contributed by atoms with Crippen molar-refractivity contribution in [1.82, 2.24) is 5.32 Å². The molecule has 6 heteroatoms. The third kappa shape index (κ3) is 4.67. The van der Waals surface area contributed by atoms with Gasteiger partial charge >= 0.3 is 7.60 Å². The maximum atomic E-state index is 13.1. The monoisotopic (exact) mass is 349 g/mol. The molecule has 1 N–H and O–H groups in total. The van der Waals surface area contributed by atoms with Crippen molar-refractivity contribution >= 4 is 24.3 Å². The van der Waals surface area contributed by atoms with E-state index in [1.807, 2.05) is 42.5 Å². The molecule has 24 heavy (non-hydrogen) atoms. The number of benzene rings is 2. The second-order valence-electron chi connectivity index (χ2n) is 5.48. The van der Waals surface area contributed by atoms with Crippen LogP contribution in [-0.4, -0.2) is 24.9 Å². The third-order valence-electron chi connectivity index (χ3n) is 3.61. The fourth-order valence-electron chi connectivity index (χ4n) is 2.64. The average Bonchev–Trinajstić information content (AvgIpc) is 2.54. The normalized spacial score (nSPS) is 13.0. The lowest BCUT2D eigenvalue weighted by Crippen LogP contribution is -2.36. The molecule has 0 saturated heterocycles. The van der Waals surface area contributed by atoms with E-state index in [1.54, 1.807) is 13.8 Å². The summed E-state index contributed by atoms with van der Waals surface area (Å²) in [4.78, 5) is 11.6. The second kappa shape index (κ2) is 8.43. The van der Waals surface area contributed by atoms with E-state index in [2.05, 4.69) is 5.32 Å². The van der Waals surface area contributed by atoms with Crippen LogP contribution in [0.5, 0.6) is 0 Å². The van der Waals surface area contributed by atoms with E-state index in [-0.39, 0.29) is 19.1 Å². The van der Waals surface area contributed by atoms with E-state index in [0.29, 0.717) is 6.42 Å². The Morgan fingerprint density at radius 3 is 2.29 bits per heavy atom. The van der Waals surface area contributed by atoms with E-state index in [4.69, 9.17) is 9.05 Å². The zero-order valence-corrected chi connectivity index (χ0v) is 15.2. The van der Waals surface area contributed by atoms with Gasteiger partial charge in [-0.3, -0.25) is 9.36 Å². The first-order chi connectivity index (χ1) is 11.5. The fraction of sp³-hybridized carbons (Fsp3) is 0.389. The van der Waals surface area contributed by atoms with Crippen molar-refractivity contribution in [2.45, 2.75) is 33.0 Å². The standard InChI is InChI=1S/C18H24NO4P/c1-4-22-24(21,23-5-2)18(19-14(3)20)13-15-10-11-16-8-6-7-9-17(16)12-15/h6-12,18H,4-5,13H2,1-3H3,(H,19,20). The van der Waals surface area contributed by atoms with E-state index >= 15 is 0 Å². The Bertz CT molecular complexity index is 737. The molecule has 0 aliphatic heterocycles. The van der Waals surface area contributed by atoms with E-state index in [1.165, 1.54) is 6.92 Å². The zero-order valence-electron chi connectivity index (χ0n) is 14.3. The molecule has 130 valence electrons. The number of carbonyl (C=O) groups excluding carboxylic acids is 1. The van der Waals surface area contributed by atoms with Gasteiger partial charge in [0.1, 0.15) is 5.78 Å². The van der Waals surface area contributed by atoms with Gasteiger partial charge in [-0.2, -0.15) is 0 Å². The number of fused-ring (bicyclic) bond motifs is 1. The molecular formula is C18H24NO4P. The Morgan fingerprint density at radius 2 is 1.71 bits per heavy atom. The first-order valence-corrected chi connectivity index (χ1v) is 9.73. The highest BCUT2D eigenvalue weighted by molar-refractivity contribution is 7.54. The van der Waals surface area contributed by atoms with Gasteiger partial charge in [0.05, 0.1) is 13.2 Å². The summed E-state index contributed by atoms with van der Waals surface area (Å²) in [6.45, 7) is 5.42. The molecule has 2 aromatic carbocycles. The lowest BCUT2D eigenvalue weighted by atomic mass is 10.1. The van der Waals surface area contributed by atoms with Crippen LogP contribution in [0.2, 0.25) is 0 Å². The molecule has 0 saturated carbocycles. The molecule has 2 rings (SSSR count). The smallest absolute Gasteiger partial charge is 0.342 e. The van der Waals surface area contributed by atoms with Crippen LogP contribution < -0.4 is 5.32 Å². The summed E-state index contributed by atoms with van der Waals surface area (Å²) in [5.74, 6) is -0.975. The van der Waals surface area contributed by atoms with Crippen LogP contribution in [0, 0.1) is 0 Å². The summed E-state index contributed by atoms with van der Waals surface area (Å²) in [5, 5.41) is 4.97. The van der Waals surface area contributed by atoms with Gasteiger partial charge < -0.3 is 14.4 Å². The van der Waals surface area contributed by atoms with Crippen molar-refractivity contribution in [1.29, 1.82) is 0 Å². The summed E-state index contributed by atoms with van der Waals surface area (Å²) in [7, 11) is -3.44. The Labute approximate surface area is 142 Å². The zero-order chi connectivity index (χ0) is 17.6. The van der Waals surface area contributed by atoms with Crippen LogP contribution in [0.4, 0.5) is 0 Å². The largest absolute Gasteiger partial charge is 0.353 e. The molecule has 0 heterocycles. The molecule has 1 amide bonds. The Hall–Kier alpha value is -1.68. The predicted octanol–water partition coefficient (Wildman–Crippen LogP) is 4.11. The van der Waals surface area contributed by atoms with Crippen molar-refractivity contribution in [3.8, 4) is 0 Å². The minimum absolute atomic E-state index is 0.255. The van der Waals surface area contributed by atoms with Crippen molar-refractivity contribution in [3.05, 3.63) is 48.0 Å². The molecular weight excluding hydrogens is 325 g/mol. The van der Waals surface area contributed by atoms with Gasteiger partial charge in [0.15, 0.2) is 0 Å². The summed E-state index contributed by atoms with van der Waals surface area (Å²) < 4.78 is 23.9. The van der Waals surface area contributed by atoms with Gasteiger partial charge in [-0.25, -0.2) is 0 Å². The maximum absolute atomic E-state index is 13.1. The highest BCUT2D eigenvalue weighted by atomic mass is 31.2. The summed E-state index contributed by atoms with van der Waals surface area (Å²) in [6.07, 6.45) is 0.377. The topological polar surface area (TPSA) is 64.6 Å². The highest BCUT2D eigenvalue weighted by Gasteiger charge is 2.36. The van der Waals surface area contributed by atoms with Gasteiger partial charge in [0.2, 0.25) is 5.91 Å². The van der Waals surface area contributed by atoms with Crippen LogP contribution in [-0.2, 0) is 24.8 Å². The Kier molecular flexibility index (Phi) is 6.55. The van der Waals surface area contributed by atoms with E-state index < -0.39 is 13.4 Å². The molecule has 0 aliphatic carbocycles. The molecule has 0 spiro atoms. The van der Waals surface area contributed by atoms with Crippen molar-refractivity contribution in [2.75, 3.05) is 13.2 Å². The molecule has 0 bridgehead atoms. The first-order valence-electron chi connectivity index (χ1n) is 8.12. The summed E-state index contributed by atoms with van der Waals surface area (Å²) in [6, 6.07) is 14.0. The van der Waals surface area contributed by atoms with Crippen molar-refractivity contribution in [2.24, 2.45) is 0 Å². The Balaban J connectivity index is 2.32. The SMILES string of the molecule is CCOP(=O)(OCC)C(Cc1ccc2ccccc2c1)NC(C)=O. The quantitative estimate of drug-likeness (QED) is 0.729. The van der Waals surface area contributed by atoms with Gasteiger partial charge in [0, 0.05) is 13.3 Å². The number of hydrogen-bond acceptors (Lipinski definition) is 4. The third-order valence-corrected chi connectivity index (χ3v) is 5.92. The lowest BCUT2D eigenvalue weighted by molar-refractivity contribution is -0.119. The van der Waals surface area contributed by atoms with Crippen molar-refractivity contribution in [3.63, 3.8) is 0 Å². The minimum atomic E-state index is -3.44. The molecule has 0 radical (unpaired) electrons. The minimum Gasteiger partial charge on any atom is -0.342 e. The highest BCUT2D eigenvalue weighted by Crippen LogP contribution is 2.53. The molecule has 1 unspecified atom stereocenters. The molecule has 0 aromatic heterocycles. The van der Waals surface area contributed by atoms with Crippen LogP contribution in [0.1, 0.15) is 26.3 Å². The van der Waals surface area contributed by atoms with Crippen LogP contribution in [0.25, 0.3) is 10.8 Å². The van der Waals surface area contributed by atoms with Crippen LogP contribution in [0.3, 0.4) is 0 Å². The maximum Gasteiger partial charge on any atom is 0.353 e. The Morgan fingerprint density at radius 1 is 1.08 bits per heavy atom. The summed E-state index contributed by atoms with van der Waals surface area (Å²) in [5.41, 5.74) is 0.965. The molecule has 0 aliphatic rings. The van der Waals surface area contributed by atoms with Crippen LogP contribution in [0.15, 0.2) is 42.5 Å². The molecule has 1 atom stereocenters. The van der Waals surface area contributed by atoms with Gasteiger partial charge in [0.25, 0.3) is 0 Å². The number of rotatable bonds is 8. The fourth-order valence-corrected chi connectivity index (χ4v) is 4.57. The van der Waals surface area contributed by atoms with Gasteiger partial charge in [-0.1, -0.05) is 42.5 Å². The predicted molar refractivity (Wildman–Crippen MR) is 96.1 cm³/mol. The van der Waals surface area contributed by atoms with Gasteiger partial charge in [-0.05, 0) is 30.2 Å². The van der Waals surface area contributed by atoms with Crippen molar-refractivity contribution < 1.29 is 18.4 Å². The van der Waals surface area contributed by atoms with Gasteiger partial charge in [-0.15, -0.1) is 0 Å². The lowest BCUT2D eigenvalue weighted by Gasteiger charge is -2.27. The van der Waals surface area contributed by atoms with E-state index in [0.717, 1.165) is 16.3 Å². The number of hydrogen-bond donors (Lipinski definition) is 1. The van der Waals surface area contributed by atoms with Crippen LogP contribution >= 0.6 is 7.60 Å². The number of amides is 1. The summed E-state index contributed by atoms with van der Waals surface area (Å²) >= 11 is 0. The molecule has 0 fully saturated rings. The number of nitrogens with one attached hydrogen (secondary N) is 1. The average molecular weight is 349 g/mol. The number of carbonyl (C=O) groups is 1. The molecule has 5 nitrogen and oxygen atoms in total. The first kappa shape index (κ1) is 18.7. The molecule has 2 aromatic rings. The van der Waals surface area contributed by atoms with E-state index in [9.17, 15) is 9.36 Å².